The third-order valence-corrected chi connectivity index (χ3v) is 4.08. The van der Waals surface area contributed by atoms with E-state index in [-0.39, 0.29) is 9.99 Å². The predicted molar refractivity (Wildman–Crippen MR) is 54.5 cm³/mol. The van der Waals surface area contributed by atoms with Gasteiger partial charge in [0.05, 0.1) is 5.75 Å². The molecule has 0 aromatic carbocycles. The molecule has 0 saturated heterocycles. The van der Waals surface area contributed by atoms with Crippen LogP contribution in [0.2, 0.25) is 0 Å². The molecule has 0 aliphatic carbocycles. The highest BCUT2D eigenvalue weighted by atomic mass is 32.3. The quantitative estimate of drug-likeness (QED) is 0.617. The lowest BCUT2D eigenvalue weighted by Gasteiger charge is -2.01. The van der Waals surface area contributed by atoms with Crippen LogP contribution in [0.1, 0.15) is 0 Å². The van der Waals surface area contributed by atoms with Gasteiger partial charge in [-0.3, -0.25) is 0 Å². The van der Waals surface area contributed by atoms with Crippen molar-refractivity contribution < 1.29 is 8.42 Å². The van der Waals surface area contributed by atoms with Crippen molar-refractivity contribution in [2.75, 3.05) is 11.5 Å². The first kappa shape index (κ1) is 11.5. The van der Waals surface area contributed by atoms with Crippen molar-refractivity contribution in [3.05, 3.63) is 36.1 Å². The van der Waals surface area contributed by atoms with E-state index in [0.717, 1.165) is 11.8 Å². The highest BCUT2D eigenvalue weighted by Crippen LogP contribution is 2.20. The van der Waals surface area contributed by atoms with E-state index in [9.17, 15) is 8.42 Å². The predicted octanol–water partition coefficient (Wildman–Crippen LogP) is 1.78. The van der Waals surface area contributed by atoms with Crippen molar-refractivity contribution in [1.82, 2.24) is 0 Å². The molecule has 0 atom stereocenters. The van der Waals surface area contributed by atoms with E-state index >= 15 is 0 Å². The molecule has 0 rings (SSSR count). The molecule has 12 heavy (non-hydrogen) atoms. The fraction of sp³-hybridized carbons (Fsp3) is 0.250. The van der Waals surface area contributed by atoms with Crippen molar-refractivity contribution in [2.24, 2.45) is 0 Å². The largest absolute Gasteiger partial charge is 0.223 e. The molecule has 0 heterocycles. The van der Waals surface area contributed by atoms with Crippen LogP contribution in [0.15, 0.2) is 29.5 Å². The molecule has 67 valence electrons. The number of hydrogen-bond donors (Lipinski definition) is 0. The second-order valence-corrected chi connectivity index (χ2v) is 5.31. The minimum atomic E-state index is -3.29. The first-order valence-electron chi connectivity index (χ1n) is 3.24. The summed E-state index contributed by atoms with van der Waals surface area (Å²) in [6, 6.07) is 0. The Labute approximate surface area is 78.0 Å². The summed E-state index contributed by atoms with van der Waals surface area (Å²) in [5.41, 5.74) is 0. The minimum absolute atomic E-state index is 0.0673. The van der Waals surface area contributed by atoms with Gasteiger partial charge in [0.2, 0.25) is 0 Å². The molecule has 0 aromatic rings. The van der Waals surface area contributed by atoms with Gasteiger partial charge in [-0.2, -0.15) is 0 Å². The van der Waals surface area contributed by atoms with Gasteiger partial charge in [-0.25, -0.2) is 8.42 Å². The van der Waals surface area contributed by atoms with Gasteiger partial charge in [-0.15, -0.1) is 24.9 Å². The molecule has 0 fully saturated rings. The molecule has 0 amide bonds. The van der Waals surface area contributed by atoms with Crippen LogP contribution in [-0.4, -0.2) is 19.9 Å². The fourth-order valence-electron chi connectivity index (χ4n) is 0.468. The zero-order valence-corrected chi connectivity index (χ0v) is 8.33. The normalized spacial score (nSPS) is 10.7. The molecule has 0 spiro atoms. The van der Waals surface area contributed by atoms with Crippen LogP contribution in [0.4, 0.5) is 0 Å². The average Bonchev–Trinajstić information content (AvgIpc) is 2.00. The Kier molecular flexibility index (Phi) is 5.01. The zero-order chi connectivity index (χ0) is 9.61. The van der Waals surface area contributed by atoms with Crippen LogP contribution in [0.25, 0.3) is 0 Å². The molecule has 0 N–H and O–H groups in total. The summed E-state index contributed by atoms with van der Waals surface area (Å²) in [5.74, 6) is 0.394. The molecule has 0 aliphatic rings. The van der Waals surface area contributed by atoms with Gasteiger partial charge in [-0.05, 0) is 6.58 Å². The standard InChI is InChI=1S/C8H11O2S2/c1-4-6-11-8(3)12(9,10)7-5-2/h3-5H,1-2,6-7H2. The van der Waals surface area contributed by atoms with Crippen molar-refractivity contribution in [1.29, 1.82) is 0 Å². The van der Waals surface area contributed by atoms with Gasteiger partial charge >= 0.3 is 0 Å². The summed E-state index contributed by atoms with van der Waals surface area (Å²) in [7, 11) is -3.29. The Balaban J connectivity index is 4.26. The maximum atomic E-state index is 11.1. The van der Waals surface area contributed by atoms with Crippen molar-refractivity contribution in [3.8, 4) is 0 Å². The number of hydrogen-bond acceptors (Lipinski definition) is 3. The highest BCUT2D eigenvalue weighted by molar-refractivity contribution is 8.18. The van der Waals surface area contributed by atoms with Gasteiger partial charge in [0.25, 0.3) is 0 Å². The molecule has 0 unspecified atom stereocenters. The van der Waals surface area contributed by atoms with E-state index in [1.165, 1.54) is 6.08 Å². The average molecular weight is 203 g/mol. The zero-order valence-electron chi connectivity index (χ0n) is 6.69. The Morgan fingerprint density at radius 2 is 2.00 bits per heavy atom. The Hall–Kier alpha value is -0.480. The summed E-state index contributed by atoms with van der Waals surface area (Å²) in [6.07, 6.45) is 2.91. The van der Waals surface area contributed by atoms with Crippen LogP contribution < -0.4 is 0 Å². The molecule has 1 radical (unpaired) electrons. The monoisotopic (exact) mass is 203 g/mol. The molecule has 0 saturated carbocycles. The summed E-state index contributed by atoms with van der Waals surface area (Å²) < 4.78 is 22.2. The second kappa shape index (κ2) is 5.22. The van der Waals surface area contributed by atoms with E-state index in [1.807, 2.05) is 0 Å². The van der Waals surface area contributed by atoms with Gasteiger partial charge in [0, 0.05) is 5.75 Å². The second-order valence-electron chi connectivity index (χ2n) is 1.99. The maximum absolute atomic E-state index is 11.1. The summed E-state index contributed by atoms with van der Waals surface area (Å²) in [4.78, 5) is 0. The van der Waals surface area contributed by atoms with E-state index < -0.39 is 9.84 Å². The SMILES string of the molecule is [CH]=C(SCC=C)S(=O)(=O)CC=C. The van der Waals surface area contributed by atoms with Gasteiger partial charge in [0.15, 0.2) is 9.84 Å². The Morgan fingerprint density at radius 3 is 2.42 bits per heavy atom. The number of thioether (sulfide) groups is 1. The van der Waals surface area contributed by atoms with Gasteiger partial charge in [-0.1, -0.05) is 12.2 Å². The molecule has 4 heteroatoms. The van der Waals surface area contributed by atoms with Gasteiger partial charge < -0.3 is 0 Å². The first-order chi connectivity index (χ1) is 5.54. The van der Waals surface area contributed by atoms with Crippen LogP contribution in [0.5, 0.6) is 0 Å². The summed E-state index contributed by atoms with van der Waals surface area (Å²) >= 11 is 1.06. The summed E-state index contributed by atoms with van der Waals surface area (Å²) in [6.45, 7) is 12.1. The lowest BCUT2D eigenvalue weighted by Crippen LogP contribution is -2.04. The van der Waals surface area contributed by atoms with E-state index in [2.05, 4.69) is 13.2 Å². The van der Waals surface area contributed by atoms with Crippen molar-refractivity contribution in [2.45, 2.75) is 0 Å². The van der Waals surface area contributed by atoms with Crippen molar-refractivity contribution in [3.63, 3.8) is 0 Å². The number of rotatable bonds is 6. The minimum Gasteiger partial charge on any atom is -0.223 e. The highest BCUT2D eigenvalue weighted by Gasteiger charge is 2.13. The van der Waals surface area contributed by atoms with E-state index in [1.54, 1.807) is 6.08 Å². The van der Waals surface area contributed by atoms with Crippen LogP contribution in [-0.2, 0) is 9.84 Å². The third-order valence-electron chi connectivity index (χ3n) is 0.987. The fourth-order valence-corrected chi connectivity index (χ4v) is 2.35. The molecular weight excluding hydrogens is 192 g/mol. The molecule has 0 aromatic heterocycles. The van der Waals surface area contributed by atoms with Crippen molar-refractivity contribution >= 4 is 21.6 Å². The molecule has 2 nitrogen and oxygen atoms in total. The lowest BCUT2D eigenvalue weighted by atomic mass is 10.8. The van der Waals surface area contributed by atoms with E-state index in [0.29, 0.717) is 5.75 Å². The van der Waals surface area contributed by atoms with Crippen LogP contribution in [0.3, 0.4) is 0 Å². The molecule has 0 bridgehead atoms. The van der Waals surface area contributed by atoms with E-state index in [4.69, 9.17) is 6.58 Å². The van der Waals surface area contributed by atoms with Crippen LogP contribution in [0, 0.1) is 6.58 Å². The number of sulfone groups is 1. The smallest absolute Gasteiger partial charge is 0.187 e. The van der Waals surface area contributed by atoms with Crippen LogP contribution >= 0.6 is 11.8 Å². The topological polar surface area (TPSA) is 34.1 Å². The van der Waals surface area contributed by atoms with Gasteiger partial charge in [0.1, 0.15) is 4.24 Å². The molecular formula is C8H11O2S2. The maximum Gasteiger partial charge on any atom is 0.187 e. The summed E-state index contributed by atoms with van der Waals surface area (Å²) in [5, 5.41) is 0. The third kappa shape index (κ3) is 3.78. The Morgan fingerprint density at radius 1 is 1.42 bits per heavy atom. The first-order valence-corrected chi connectivity index (χ1v) is 5.88. The molecule has 0 aliphatic heterocycles. The Bertz CT molecular complexity index is 275. The lowest BCUT2D eigenvalue weighted by molar-refractivity contribution is 0.607.